The quantitative estimate of drug-likeness (QED) is 0.702. The van der Waals surface area contributed by atoms with Gasteiger partial charge in [-0.3, -0.25) is 20.4 Å². The van der Waals surface area contributed by atoms with Gasteiger partial charge in [0.05, 0.1) is 10.6 Å². The maximum Gasteiger partial charge on any atom is 0.276 e. The third-order valence-corrected chi connectivity index (χ3v) is 3.85. The van der Waals surface area contributed by atoms with Gasteiger partial charge in [0.1, 0.15) is 11.5 Å². The van der Waals surface area contributed by atoms with Gasteiger partial charge in [-0.05, 0) is 72.6 Å². The zero-order valence-corrected chi connectivity index (χ0v) is 16.4. The second-order valence-electron chi connectivity index (χ2n) is 5.92. The van der Waals surface area contributed by atoms with Crippen LogP contribution in [0.15, 0.2) is 46.9 Å². The molecule has 0 radical (unpaired) electrons. The number of benzene rings is 2. The van der Waals surface area contributed by atoms with Gasteiger partial charge in [0.25, 0.3) is 11.8 Å². The van der Waals surface area contributed by atoms with Crippen molar-refractivity contribution < 1.29 is 19.1 Å². The molecular formula is C19H21BrN2O4. The number of halogens is 1. The van der Waals surface area contributed by atoms with Gasteiger partial charge in [-0.25, -0.2) is 0 Å². The molecule has 0 fully saturated rings. The van der Waals surface area contributed by atoms with E-state index in [1.165, 1.54) is 0 Å². The summed E-state index contributed by atoms with van der Waals surface area (Å²) in [6.45, 7) is 5.54. The van der Waals surface area contributed by atoms with E-state index in [0.29, 0.717) is 17.1 Å². The Hall–Kier alpha value is -2.54. The van der Waals surface area contributed by atoms with E-state index in [9.17, 15) is 9.59 Å². The number of ether oxygens (including phenoxy) is 2. The van der Waals surface area contributed by atoms with Crippen molar-refractivity contribution in [3.05, 3.63) is 58.1 Å². The highest BCUT2D eigenvalue weighted by Crippen LogP contribution is 2.25. The lowest BCUT2D eigenvalue weighted by Gasteiger charge is -2.12. The minimum absolute atomic E-state index is 0.00580. The Morgan fingerprint density at radius 2 is 1.88 bits per heavy atom. The Kier molecular flexibility index (Phi) is 7.03. The van der Waals surface area contributed by atoms with Crippen molar-refractivity contribution in [2.75, 3.05) is 6.61 Å². The summed E-state index contributed by atoms with van der Waals surface area (Å²) in [5.41, 5.74) is 6.13. The number of hydrogen-bond acceptors (Lipinski definition) is 4. The highest BCUT2D eigenvalue weighted by molar-refractivity contribution is 9.10. The third-order valence-electron chi connectivity index (χ3n) is 3.23. The van der Waals surface area contributed by atoms with E-state index in [-0.39, 0.29) is 12.7 Å². The lowest BCUT2D eigenvalue weighted by atomic mass is 10.2. The first-order valence-corrected chi connectivity index (χ1v) is 8.89. The van der Waals surface area contributed by atoms with Crippen LogP contribution in [0.5, 0.6) is 11.5 Å². The maximum absolute atomic E-state index is 12.1. The molecule has 2 rings (SSSR count). The zero-order valence-electron chi connectivity index (χ0n) is 14.8. The van der Waals surface area contributed by atoms with Crippen molar-refractivity contribution in [2.24, 2.45) is 0 Å². The molecule has 138 valence electrons. The van der Waals surface area contributed by atoms with Crippen molar-refractivity contribution in [3.63, 3.8) is 0 Å². The van der Waals surface area contributed by atoms with E-state index < -0.39 is 11.8 Å². The fourth-order valence-electron chi connectivity index (χ4n) is 2.08. The molecule has 0 aromatic heterocycles. The number of aryl methyl sites for hydroxylation is 1. The van der Waals surface area contributed by atoms with Gasteiger partial charge >= 0.3 is 0 Å². The molecule has 6 nitrogen and oxygen atoms in total. The number of carbonyl (C=O) groups is 2. The van der Waals surface area contributed by atoms with Crippen LogP contribution in [0.2, 0.25) is 0 Å². The summed E-state index contributed by atoms with van der Waals surface area (Å²) in [5, 5.41) is 0. The standard InChI is InChI=1S/C19H21BrN2O4/c1-12(2)26-15-6-4-5-14(10-15)19(24)22-21-18(23)11-25-17-8-7-13(3)9-16(17)20/h4-10,12H,11H2,1-3H3,(H,21,23)(H,22,24). The predicted octanol–water partition coefficient (Wildman–Crippen LogP) is 3.38. The molecule has 0 aliphatic rings. The van der Waals surface area contributed by atoms with Gasteiger partial charge in [-0.1, -0.05) is 12.1 Å². The highest BCUT2D eigenvalue weighted by Gasteiger charge is 2.10. The monoisotopic (exact) mass is 420 g/mol. The predicted molar refractivity (Wildman–Crippen MR) is 102 cm³/mol. The van der Waals surface area contributed by atoms with E-state index in [0.717, 1.165) is 10.0 Å². The summed E-state index contributed by atoms with van der Waals surface area (Å²) in [6, 6.07) is 12.3. The fourth-order valence-corrected chi connectivity index (χ4v) is 2.69. The molecule has 0 spiro atoms. The topological polar surface area (TPSA) is 76.7 Å². The molecule has 0 saturated carbocycles. The first kappa shape index (κ1) is 19.8. The number of amides is 2. The second kappa shape index (κ2) is 9.24. The molecule has 2 amide bonds. The molecule has 26 heavy (non-hydrogen) atoms. The van der Waals surface area contributed by atoms with Crippen LogP contribution in [0.25, 0.3) is 0 Å². The lowest BCUT2D eigenvalue weighted by molar-refractivity contribution is -0.123. The van der Waals surface area contributed by atoms with Crippen LogP contribution >= 0.6 is 15.9 Å². The molecule has 0 bridgehead atoms. The average molecular weight is 421 g/mol. The summed E-state index contributed by atoms with van der Waals surface area (Å²) in [6.07, 6.45) is 0.00580. The van der Waals surface area contributed by atoms with Crippen LogP contribution in [-0.4, -0.2) is 24.5 Å². The highest BCUT2D eigenvalue weighted by atomic mass is 79.9. The largest absolute Gasteiger partial charge is 0.491 e. The second-order valence-corrected chi connectivity index (χ2v) is 6.77. The minimum Gasteiger partial charge on any atom is -0.491 e. The molecule has 0 atom stereocenters. The van der Waals surface area contributed by atoms with Gasteiger partial charge in [0.15, 0.2) is 6.61 Å². The summed E-state index contributed by atoms with van der Waals surface area (Å²) in [5.74, 6) is 0.228. The Labute approximate surface area is 161 Å². The third kappa shape index (κ3) is 6.07. The van der Waals surface area contributed by atoms with Crippen molar-refractivity contribution in [1.82, 2.24) is 10.9 Å². The average Bonchev–Trinajstić information content (AvgIpc) is 2.58. The van der Waals surface area contributed by atoms with Crippen molar-refractivity contribution >= 4 is 27.7 Å². The van der Waals surface area contributed by atoms with E-state index in [1.807, 2.05) is 32.9 Å². The van der Waals surface area contributed by atoms with Gasteiger partial charge in [0.2, 0.25) is 0 Å². The Bertz CT molecular complexity index is 793. The normalized spacial score (nSPS) is 10.3. The van der Waals surface area contributed by atoms with Gasteiger partial charge in [-0.15, -0.1) is 0 Å². The van der Waals surface area contributed by atoms with Crippen molar-refractivity contribution in [2.45, 2.75) is 26.9 Å². The van der Waals surface area contributed by atoms with Crippen LogP contribution in [0, 0.1) is 6.92 Å². The molecule has 2 aromatic carbocycles. The first-order valence-electron chi connectivity index (χ1n) is 8.10. The number of hydrazine groups is 1. The number of hydrogen-bond donors (Lipinski definition) is 2. The van der Waals surface area contributed by atoms with Gasteiger partial charge in [0, 0.05) is 5.56 Å². The molecule has 0 heterocycles. The van der Waals surface area contributed by atoms with Crippen LogP contribution in [-0.2, 0) is 4.79 Å². The molecular weight excluding hydrogens is 400 g/mol. The molecule has 0 unspecified atom stereocenters. The van der Waals surface area contributed by atoms with Crippen LogP contribution in [0.3, 0.4) is 0 Å². The Balaban J connectivity index is 1.84. The van der Waals surface area contributed by atoms with Crippen molar-refractivity contribution in [1.29, 1.82) is 0 Å². The number of nitrogens with one attached hydrogen (secondary N) is 2. The summed E-state index contributed by atoms with van der Waals surface area (Å²) in [7, 11) is 0. The van der Waals surface area contributed by atoms with E-state index in [1.54, 1.807) is 30.3 Å². The Morgan fingerprint density at radius 1 is 1.12 bits per heavy atom. The minimum atomic E-state index is -0.472. The molecule has 0 saturated heterocycles. The van der Waals surface area contributed by atoms with Gasteiger partial charge in [-0.2, -0.15) is 0 Å². The van der Waals surface area contributed by atoms with E-state index >= 15 is 0 Å². The van der Waals surface area contributed by atoms with E-state index in [2.05, 4.69) is 26.8 Å². The molecule has 7 heteroatoms. The maximum atomic E-state index is 12.1. The Morgan fingerprint density at radius 3 is 2.58 bits per heavy atom. The van der Waals surface area contributed by atoms with Crippen LogP contribution < -0.4 is 20.3 Å². The molecule has 2 N–H and O–H groups in total. The molecule has 0 aliphatic heterocycles. The van der Waals surface area contributed by atoms with Crippen molar-refractivity contribution in [3.8, 4) is 11.5 Å². The summed E-state index contributed by atoms with van der Waals surface area (Å²) < 4.78 is 11.7. The molecule has 0 aliphatic carbocycles. The molecule has 2 aromatic rings. The lowest BCUT2D eigenvalue weighted by Crippen LogP contribution is -2.43. The number of rotatable bonds is 6. The van der Waals surface area contributed by atoms with E-state index in [4.69, 9.17) is 9.47 Å². The SMILES string of the molecule is Cc1ccc(OCC(=O)NNC(=O)c2cccc(OC(C)C)c2)c(Br)c1. The zero-order chi connectivity index (χ0) is 19.1. The summed E-state index contributed by atoms with van der Waals surface area (Å²) in [4.78, 5) is 24.0. The number of carbonyl (C=O) groups excluding carboxylic acids is 2. The first-order chi connectivity index (χ1) is 12.3. The fraction of sp³-hybridized carbons (Fsp3) is 0.263. The van der Waals surface area contributed by atoms with Crippen LogP contribution in [0.4, 0.5) is 0 Å². The summed E-state index contributed by atoms with van der Waals surface area (Å²) >= 11 is 3.38. The smallest absolute Gasteiger partial charge is 0.276 e. The van der Waals surface area contributed by atoms with Gasteiger partial charge < -0.3 is 9.47 Å². The van der Waals surface area contributed by atoms with Crippen LogP contribution in [0.1, 0.15) is 29.8 Å².